The second-order valence-electron chi connectivity index (χ2n) is 4.33. The SMILES string of the molecule is CN(Cc1ccccc1)c1nc(C(=O)O)ccc1C#N. The van der Waals surface area contributed by atoms with Crippen molar-refractivity contribution in [1.82, 2.24) is 4.98 Å². The second kappa shape index (κ2) is 5.85. The monoisotopic (exact) mass is 267 g/mol. The summed E-state index contributed by atoms with van der Waals surface area (Å²) in [6.07, 6.45) is 0. The van der Waals surface area contributed by atoms with Crippen LogP contribution in [0.5, 0.6) is 0 Å². The number of hydrogen-bond donors (Lipinski definition) is 1. The van der Waals surface area contributed by atoms with Crippen LogP contribution in [0.25, 0.3) is 0 Å². The lowest BCUT2D eigenvalue weighted by atomic mass is 10.2. The smallest absolute Gasteiger partial charge is 0.354 e. The van der Waals surface area contributed by atoms with Gasteiger partial charge < -0.3 is 10.0 Å². The molecule has 0 fully saturated rings. The molecule has 0 spiro atoms. The van der Waals surface area contributed by atoms with Crippen LogP contribution in [-0.2, 0) is 6.54 Å². The lowest BCUT2D eigenvalue weighted by Crippen LogP contribution is -2.20. The Morgan fingerprint density at radius 3 is 2.60 bits per heavy atom. The lowest BCUT2D eigenvalue weighted by molar-refractivity contribution is 0.0690. The molecule has 5 nitrogen and oxygen atoms in total. The Kier molecular flexibility index (Phi) is 3.96. The number of aromatic nitrogens is 1. The van der Waals surface area contributed by atoms with E-state index in [2.05, 4.69) is 4.98 Å². The summed E-state index contributed by atoms with van der Waals surface area (Å²) in [6.45, 7) is 0.547. The molecule has 0 aliphatic carbocycles. The van der Waals surface area contributed by atoms with Gasteiger partial charge in [-0.1, -0.05) is 30.3 Å². The van der Waals surface area contributed by atoms with Crippen LogP contribution in [0.15, 0.2) is 42.5 Å². The van der Waals surface area contributed by atoms with Crippen LogP contribution >= 0.6 is 0 Å². The van der Waals surface area contributed by atoms with Gasteiger partial charge in [0.15, 0.2) is 5.69 Å². The predicted molar refractivity (Wildman–Crippen MR) is 74.5 cm³/mol. The van der Waals surface area contributed by atoms with E-state index in [1.165, 1.54) is 12.1 Å². The summed E-state index contributed by atoms with van der Waals surface area (Å²) in [5.41, 5.74) is 1.34. The largest absolute Gasteiger partial charge is 0.477 e. The van der Waals surface area contributed by atoms with E-state index in [0.717, 1.165) is 5.56 Å². The topological polar surface area (TPSA) is 77.2 Å². The molecule has 1 heterocycles. The van der Waals surface area contributed by atoms with E-state index >= 15 is 0 Å². The first-order valence-electron chi connectivity index (χ1n) is 6.01. The van der Waals surface area contributed by atoms with Gasteiger partial charge in [0.05, 0.1) is 5.56 Å². The maximum Gasteiger partial charge on any atom is 0.354 e. The average Bonchev–Trinajstić information content (AvgIpc) is 2.47. The molecule has 0 aliphatic rings. The van der Waals surface area contributed by atoms with Gasteiger partial charge in [-0.3, -0.25) is 0 Å². The summed E-state index contributed by atoms with van der Waals surface area (Å²) in [7, 11) is 1.78. The molecule has 100 valence electrons. The van der Waals surface area contributed by atoms with Gasteiger partial charge in [-0.15, -0.1) is 0 Å². The van der Waals surface area contributed by atoms with Crippen LogP contribution in [-0.4, -0.2) is 23.1 Å². The Morgan fingerprint density at radius 1 is 1.30 bits per heavy atom. The van der Waals surface area contributed by atoms with Crippen LogP contribution in [0.2, 0.25) is 0 Å². The first-order chi connectivity index (χ1) is 9.61. The number of anilines is 1. The molecule has 1 N–H and O–H groups in total. The zero-order chi connectivity index (χ0) is 14.5. The van der Waals surface area contributed by atoms with E-state index in [1.807, 2.05) is 36.4 Å². The van der Waals surface area contributed by atoms with Gasteiger partial charge in [-0.25, -0.2) is 9.78 Å². The molecule has 0 aliphatic heterocycles. The van der Waals surface area contributed by atoms with Gasteiger partial charge in [0.1, 0.15) is 11.9 Å². The van der Waals surface area contributed by atoms with Crippen LogP contribution < -0.4 is 4.90 Å². The quantitative estimate of drug-likeness (QED) is 0.919. The first-order valence-corrected chi connectivity index (χ1v) is 6.01. The zero-order valence-corrected chi connectivity index (χ0v) is 10.9. The predicted octanol–water partition coefficient (Wildman–Crippen LogP) is 2.29. The Balaban J connectivity index is 2.33. The molecule has 2 aromatic rings. The van der Waals surface area contributed by atoms with Crippen molar-refractivity contribution >= 4 is 11.8 Å². The Labute approximate surface area is 116 Å². The standard InChI is InChI=1S/C15H13N3O2/c1-18(10-11-5-3-2-4-6-11)14-12(9-16)7-8-13(17-14)15(19)20/h2-8H,10H2,1H3,(H,19,20). The van der Waals surface area contributed by atoms with E-state index in [1.54, 1.807) is 11.9 Å². The summed E-state index contributed by atoms with van der Waals surface area (Å²) in [5, 5.41) is 18.1. The Morgan fingerprint density at radius 2 is 2.00 bits per heavy atom. The maximum atomic E-state index is 11.0. The second-order valence-corrected chi connectivity index (χ2v) is 4.33. The molecule has 0 amide bonds. The van der Waals surface area contributed by atoms with Crippen molar-refractivity contribution in [2.45, 2.75) is 6.54 Å². The Hall–Kier alpha value is -2.87. The first kappa shape index (κ1) is 13.6. The number of nitriles is 1. The minimum absolute atomic E-state index is 0.0705. The molecule has 2 rings (SSSR count). The fraction of sp³-hybridized carbons (Fsp3) is 0.133. The zero-order valence-electron chi connectivity index (χ0n) is 10.9. The third kappa shape index (κ3) is 2.93. The van der Waals surface area contributed by atoms with Gasteiger partial charge in [0.2, 0.25) is 0 Å². The number of nitrogens with zero attached hydrogens (tertiary/aromatic N) is 3. The van der Waals surface area contributed by atoms with E-state index in [9.17, 15) is 4.79 Å². The highest BCUT2D eigenvalue weighted by molar-refractivity contribution is 5.86. The number of carboxylic acids is 1. The third-order valence-electron chi connectivity index (χ3n) is 2.84. The number of pyridine rings is 1. The van der Waals surface area contributed by atoms with Crippen molar-refractivity contribution in [3.8, 4) is 6.07 Å². The molecule has 0 saturated heterocycles. The van der Waals surface area contributed by atoms with E-state index < -0.39 is 5.97 Å². The summed E-state index contributed by atoms with van der Waals surface area (Å²) >= 11 is 0. The van der Waals surface area contributed by atoms with E-state index in [0.29, 0.717) is 17.9 Å². The number of rotatable bonds is 4. The number of benzene rings is 1. The highest BCUT2D eigenvalue weighted by atomic mass is 16.4. The van der Waals surface area contributed by atoms with E-state index in [4.69, 9.17) is 10.4 Å². The third-order valence-corrected chi connectivity index (χ3v) is 2.84. The molecular formula is C15H13N3O2. The minimum atomic E-state index is -1.11. The van der Waals surface area contributed by atoms with Gasteiger partial charge in [-0.05, 0) is 17.7 Å². The van der Waals surface area contributed by atoms with Gasteiger partial charge in [0.25, 0.3) is 0 Å². The number of aromatic carboxylic acids is 1. The van der Waals surface area contributed by atoms with Crippen LogP contribution in [0.1, 0.15) is 21.6 Å². The Bertz CT molecular complexity index is 663. The van der Waals surface area contributed by atoms with Crippen molar-refractivity contribution in [2.75, 3.05) is 11.9 Å². The molecule has 1 aromatic carbocycles. The molecule has 0 unspecified atom stereocenters. The number of hydrogen-bond acceptors (Lipinski definition) is 4. The summed E-state index contributed by atoms with van der Waals surface area (Å²) < 4.78 is 0. The number of carboxylic acid groups (broad SMARTS) is 1. The van der Waals surface area contributed by atoms with Crippen molar-refractivity contribution < 1.29 is 9.90 Å². The minimum Gasteiger partial charge on any atom is -0.477 e. The fourth-order valence-electron chi connectivity index (χ4n) is 1.88. The molecule has 1 aromatic heterocycles. The highest BCUT2D eigenvalue weighted by Crippen LogP contribution is 2.18. The van der Waals surface area contributed by atoms with Crippen LogP contribution in [0, 0.1) is 11.3 Å². The average molecular weight is 267 g/mol. The molecule has 0 atom stereocenters. The molecule has 0 radical (unpaired) electrons. The normalized spacial score (nSPS) is 9.80. The maximum absolute atomic E-state index is 11.0. The van der Waals surface area contributed by atoms with Gasteiger partial charge >= 0.3 is 5.97 Å². The molecule has 0 bridgehead atoms. The van der Waals surface area contributed by atoms with Crippen LogP contribution in [0.4, 0.5) is 5.82 Å². The molecule has 20 heavy (non-hydrogen) atoms. The van der Waals surface area contributed by atoms with Crippen molar-refractivity contribution in [1.29, 1.82) is 5.26 Å². The molecule has 0 saturated carbocycles. The summed E-state index contributed by atoms with van der Waals surface area (Å²) in [5.74, 6) is -0.736. The number of carbonyl (C=O) groups is 1. The van der Waals surface area contributed by atoms with Crippen LogP contribution in [0.3, 0.4) is 0 Å². The fourth-order valence-corrected chi connectivity index (χ4v) is 1.88. The van der Waals surface area contributed by atoms with E-state index in [-0.39, 0.29) is 5.69 Å². The summed E-state index contributed by atoms with van der Waals surface area (Å²) in [6, 6.07) is 14.5. The van der Waals surface area contributed by atoms with Crippen molar-refractivity contribution in [3.05, 3.63) is 59.3 Å². The highest BCUT2D eigenvalue weighted by Gasteiger charge is 2.13. The van der Waals surface area contributed by atoms with Crippen molar-refractivity contribution in [3.63, 3.8) is 0 Å². The van der Waals surface area contributed by atoms with Gasteiger partial charge in [0, 0.05) is 13.6 Å². The van der Waals surface area contributed by atoms with Gasteiger partial charge in [-0.2, -0.15) is 5.26 Å². The lowest BCUT2D eigenvalue weighted by Gasteiger charge is -2.19. The summed E-state index contributed by atoms with van der Waals surface area (Å²) in [4.78, 5) is 16.8. The van der Waals surface area contributed by atoms with Crippen molar-refractivity contribution in [2.24, 2.45) is 0 Å². The molecule has 5 heteroatoms. The molecular weight excluding hydrogens is 254 g/mol.